The maximum absolute atomic E-state index is 10.3. The number of fused-ring (bicyclic) bond motifs is 2. The van der Waals surface area contributed by atoms with Crippen LogP contribution in [0.2, 0.25) is 0 Å². The highest BCUT2D eigenvalue weighted by atomic mass is 16.5. The number of likely N-dealkylation sites (N-methyl/N-ethyl adjacent to an activating group) is 1. The summed E-state index contributed by atoms with van der Waals surface area (Å²) >= 11 is 0. The van der Waals surface area contributed by atoms with Crippen molar-refractivity contribution in [3.05, 3.63) is 59.3 Å². The molecule has 0 saturated carbocycles. The molecule has 0 bridgehead atoms. The van der Waals surface area contributed by atoms with Crippen LogP contribution in [-0.4, -0.2) is 87.9 Å². The summed E-state index contributed by atoms with van der Waals surface area (Å²) in [5.41, 5.74) is 4.94. The molecule has 9 heteroatoms. The average molecular weight is 516 g/mol. The van der Waals surface area contributed by atoms with Crippen molar-refractivity contribution in [2.24, 2.45) is 0 Å². The van der Waals surface area contributed by atoms with Crippen molar-refractivity contribution in [2.75, 3.05) is 44.7 Å². The first kappa shape index (κ1) is 25.3. The largest absolute Gasteiger partial charge is 0.462 e. The van der Waals surface area contributed by atoms with E-state index in [1.54, 1.807) is 0 Å². The number of ether oxygens (including phenoxy) is 1. The normalized spacial score (nSPS) is 26.7. The number of likely N-dealkylation sites (tertiary alicyclic amines) is 1. The van der Waals surface area contributed by atoms with Crippen molar-refractivity contribution in [1.82, 2.24) is 24.7 Å². The Bertz CT molecular complexity index is 1230. The Labute approximate surface area is 224 Å². The third kappa shape index (κ3) is 4.67. The second kappa shape index (κ2) is 10.6. The zero-order chi connectivity index (χ0) is 26.2. The lowest BCUT2D eigenvalue weighted by Crippen LogP contribution is -2.55. The molecule has 38 heavy (non-hydrogen) atoms. The van der Waals surface area contributed by atoms with Crippen LogP contribution in [0.1, 0.15) is 47.7 Å². The molecule has 2 unspecified atom stereocenters. The lowest BCUT2D eigenvalue weighted by molar-refractivity contribution is 0.0325. The number of aromatic nitrogens is 2. The fourth-order valence-corrected chi connectivity index (χ4v) is 6.59. The van der Waals surface area contributed by atoms with Gasteiger partial charge in [-0.15, -0.1) is 0 Å². The van der Waals surface area contributed by atoms with Crippen molar-refractivity contribution in [1.29, 1.82) is 5.26 Å². The number of nitriles is 1. The van der Waals surface area contributed by atoms with Crippen LogP contribution in [-0.2, 0) is 19.5 Å². The maximum atomic E-state index is 10.3. The highest BCUT2D eigenvalue weighted by Crippen LogP contribution is 2.42. The van der Waals surface area contributed by atoms with Crippen LogP contribution in [0, 0.1) is 11.3 Å². The minimum Gasteiger partial charge on any atom is -0.462 e. The van der Waals surface area contributed by atoms with Gasteiger partial charge in [-0.2, -0.15) is 15.2 Å². The topological polar surface area (TPSA) is 92.0 Å². The Morgan fingerprint density at radius 1 is 1.21 bits per heavy atom. The Hall–Kier alpha value is -3.03. The van der Waals surface area contributed by atoms with Gasteiger partial charge in [0, 0.05) is 50.4 Å². The molecule has 0 amide bonds. The fraction of sp³-hybridized carbons (Fsp3) is 0.552. The second-order valence-electron chi connectivity index (χ2n) is 11.0. The van der Waals surface area contributed by atoms with E-state index in [-0.39, 0.29) is 0 Å². The van der Waals surface area contributed by atoms with Gasteiger partial charge in [0.05, 0.1) is 11.8 Å². The Kier molecular flexibility index (Phi) is 7.06. The quantitative estimate of drug-likeness (QED) is 0.559. The van der Waals surface area contributed by atoms with Gasteiger partial charge in [-0.3, -0.25) is 9.80 Å². The smallest absolute Gasteiger partial charge is 0.318 e. The molecule has 4 aliphatic rings. The fourth-order valence-electron chi connectivity index (χ4n) is 6.59. The SMILES string of the molecule is C=CC(O)N1CCN(c2nc(OC[C@@H]3CCCN3C)nc3c2CN(C2CCc4ccccc42)C3)[C@@H](C#N)C1. The van der Waals surface area contributed by atoms with E-state index in [0.717, 1.165) is 56.0 Å². The molecule has 3 aliphatic heterocycles. The van der Waals surface area contributed by atoms with E-state index in [1.807, 2.05) is 4.90 Å². The number of aliphatic hydroxyl groups excluding tert-OH is 1. The summed E-state index contributed by atoms with van der Waals surface area (Å²) in [5.74, 6) is 0.804. The van der Waals surface area contributed by atoms with E-state index in [2.05, 4.69) is 58.7 Å². The standard InChI is InChI=1S/C29H37N7O2/c1-3-27(37)34-13-14-36(22(15-30)16-34)28-24-17-35(26-11-10-20-7-4-5-9-23(20)26)18-25(24)31-29(32-28)38-19-21-8-6-12-33(21)2/h3-5,7,9,21-22,26-27,37H,1,6,8,10-14,16-19H2,2H3/t21-,22-,26?,27?/m0/s1. The van der Waals surface area contributed by atoms with Gasteiger partial charge in [-0.25, -0.2) is 0 Å². The molecule has 1 aromatic carbocycles. The van der Waals surface area contributed by atoms with E-state index in [4.69, 9.17) is 14.7 Å². The summed E-state index contributed by atoms with van der Waals surface area (Å²) < 4.78 is 6.22. The van der Waals surface area contributed by atoms with Crippen molar-refractivity contribution >= 4 is 5.82 Å². The average Bonchev–Trinajstić information content (AvgIpc) is 3.68. The summed E-state index contributed by atoms with van der Waals surface area (Å²) in [5, 5.41) is 20.4. The van der Waals surface area contributed by atoms with E-state index in [0.29, 0.717) is 44.3 Å². The molecule has 0 radical (unpaired) electrons. The molecule has 2 fully saturated rings. The Morgan fingerprint density at radius 3 is 2.87 bits per heavy atom. The number of aliphatic hydroxyl groups is 1. The third-order valence-electron chi connectivity index (χ3n) is 8.80. The molecule has 1 aliphatic carbocycles. The third-order valence-corrected chi connectivity index (χ3v) is 8.80. The second-order valence-corrected chi connectivity index (χ2v) is 11.0. The van der Waals surface area contributed by atoms with Crippen molar-refractivity contribution < 1.29 is 9.84 Å². The van der Waals surface area contributed by atoms with Crippen LogP contribution in [0.25, 0.3) is 0 Å². The van der Waals surface area contributed by atoms with Gasteiger partial charge in [-0.05, 0) is 56.5 Å². The first-order valence-corrected chi connectivity index (χ1v) is 13.8. The number of piperazine rings is 1. The number of anilines is 1. The summed E-state index contributed by atoms with van der Waals surface area (Å²) in [7, 11) is 2.14. The first-order valence-electron chi connectivity index (χ1n) is 13.8. The van der Waals surface area contributed by atoms with Gasteiger partial charge in [0.15, 0.2) is 0 Å². The lowest BCUT2D eigenvalue weighted by Gasteiger charge is -2.40. The van der Waals surface area contributed by atoms with Gasteiger partial charge >= 0.3 is 6.01 Å². The Balaban J connectivity index is 1.30. The number of hydrogen-bond donors (Lipinski definition) is 1. The minimum atomic E-state index is -0.760. The van der Waals surface area contributed by atoms with Crippen LogP contribution in [0.4, 0.5) is 5.82 Å². The molecular weight excluding hydrogens is 478 g/mol. The highest BCUT2D eigenvalue weighted by Gasteiger charge is 2.38. The molecule has 2 aromatic rings. The molecule has 1 N–H and O–H groups in total. The molecule has 4 heterocycles. The maximum Gasteiger partial charge on any atom is 0.318 e. The van der Waals surface area contributed by atoms with E-state index in [1.165, 1.54) is 23.6 Å². The van der Waals surface area contributed by atoms with E-state index >= 15 is 0 Å². The zero-order valence-corrected chi connectivity index (χ0v) is 22.2. The molecule has 1 aromatic heterocycles. The van der Waals surface area contributed by atoms with Crippen molar-refractivity contribution in [3.8, 4) is 12.1 Å². The van der Waals surface area contributed by atoms with Crippen LogP contribution >= 0.6 is 0 Å². The van der Waals surface area contributed by atoms with E-state index in [9.17, 15) is 10.4 Å². The first-order chi connectivity index (χ1) is 18.6. The zero-order valence-electron chi connectivity index (χ0n) is 22.2. The molecule has 9 nitrogen and oxygen atoms in total. The van der Waals surface area contributed by atoms with E-state index < -0.39 is 12.3 Å². The summed E-state index contributed by atoms with van der Waals surface area (Å²) in [4.78, 5) is 18.7. The molecule has 2 saturated heterocycles. The summed E-state index contributed by atoms with van der Waals surface area (Å²) in [6, 6.07) is 11.9. The molecule has 0 spiro atoms. The van der Waals surface area contributed by atoms with Gasteiger partial charge < -0.3 is 19.6 Å². The van der Waals surface area contributed by atoms with Crippen molar-refractivity contribution in [2.45, 2.75) is 63.1 Å². The van der Waals surface area contributed by atoms with Crippen LogP contribution in [0.3, 0.4) is 0 Å². The lowest BCUT2D eigenvalue weighted by atomic mass is 10.1. The number of hydrogen-bond acceptors (Lipinski definition) is 9. The van der Waals surface area contributed by atoms with Gasteiger partial charge in [0.2, 0.25) is 0 Å². The number of rotatable bonds is 7. The molecule has 6 rings (SSSR count). The van der Waals surface area contributed by atoms with Crippen LogP contribution in [0.15, 0.2) is 36.9 Å². The van der Waals surface area contributed by atoms with Gasteiger partial charge in [0.25, 0.3) is 0 Å². The number of benzene rings is 1. The minimum absolute atomic E-state index is 0.358. The predicted octanol–water partition coefficient (Wildman–Crippen LogP) is 2.47. The monoisotopic (exact) mass is 515 g/mol. The van der Waals surface area contributed by atoms with Gasteiger partial charge in [-0.1, -0.05) is 30.8 Å². The highest BCUT2D eigenvalue weighted by molar-refractivity contribution is 5.54. The molecular formula is C29H37N7O2. The summed E-state index contributed by atoms with van der Waals surface area (Å²) in [6.07, 6.45) is 5.25. The summed E-state index contributed by atoms with van der Waals surface area (Å²) in [6.45, 7) is 8.49. The van der Waals surface area contributed by atoms with Crippen molar-refractivity contribution in [3.63, 3.8) is 0 Å². The van der Waals surface area contributed by atoms with Crippen LogP contribution < -0.4 is 9.64 Å². The molecule has 4 atom stereocenters. The number of nitrogens with zero attached hydrogens (tertiary/aromatic N) is 7. The number of aryl methyl sites for hydroxylation is 1. The Morgan fingerprint density at radius 2 is 2.08 bits per heavy atom. The predicted molar refractivity (Wildman–Crippen MR) is 144 cm³/mol. The van der Waals surface area contributed by atoms with Gasteiger partial charge in [0.1, 0.15) is 24.7 Å². The molecule has 200 valence electrons. The van der Waals surface area contributed by atoms with Crippen LogP contribution in [0.5, 0.6) is 6.01 Å².